The van der Waals surface area contributed by atoms with Gasteiger partial charge < -0.3 is 10.6 Å². The molecule has 0 unspecified atom stereocenters. The summed E-state index contributed by atoms with van der Waals surface area (Å²) in [5.41, 5.74) is 2.56. The van der Waals surface area contributed by atoms with Crippen LogP contribution in [0.3, 0.4) is 0 Å². The predicted molar refractivity (Wildman–Crippen MR) is 111 cm³/mol. The van der Waals surface area contributed by atoms with E-state index in [9.17, 15) is 9.59 Å². The number of carbonyl (C=O) groups is 2. The molecule has 5 nitrogen and oxygen atoms in total. The first-order chi connectivity index (χ1) is 13.0. The van der Waals surface area contributed by atoms with Crippen molar-refractivity contribution in [3.63, 3.8) is 0 Å². The molecule has 0 saturated carbocycles. The van der Waals surface area contributed by atoms with Crippen LogP contribution in [0.1, 0.15) is 28.8 Å². The molecular weight excluding hydrogens is 406 g/mol. The lowest BCUT2D eigenvalue weighted by atomic mass is 10.0. The van der Waals surface area contributed by atoms with Crippen LogP contribution in [0.4, 0.5) is 5.69 Å². The van der Waals surface area contributed by atoms with Gasteiger partial charge in [0.15, 0.2) is 0 Å². The Balaban J connectivity index is 1.45. The average molecular weight is 430 g/mol. The Hall–Kier alpha value is -2.18. The Kier molecular flexibility index (Phi) is 6.63. The zero-order chi connectivity index (χ0) is 19.2. The van der Waals surface area contributed by atoms with E-state index in [1.165, 1.54) is 0 Å². The van der Waals surface area contributed by atoms with E-state index in [1.54, 1.807) is 0 Å². The number of likely N-dealkylation sites (tertiary alicyclic amines) is 1. The van der Waals surface area contributed by atoms with Crippen LogP contribution in [-0.2, 0) is 4.79 Å². The molecule has 2 amide bonds. The van der Waals surface area contributed by atoms with E-state index in [2.05, 4.69) is 31.5 Å². The summed E-state index contributed by atoms with van der Waals surface area (Å²) in [5.74, 6) is -0.0572. The zero-order valence-corrected chi connectivity index (χ0v) is 17.0. The van der Waals surface area contributed by atoms with E-state index in [1.807, 2.05) is 55.5 Å². The maximum atomic E-state index is 12.4. The van der Waals surface area contributed by atoms with Gasteiger partial charge in [-0.15, -0.1) is 0 Å². The second-order valence-electron chi connectivity index (χ2n) is 6.87. The van der Waals surface area contributed by atoms with Crippen LogP contribution in [0.15, 0.2) is 53.0 Å². The normalized spacial score (nSPS) is 15.3. The molecule has 6 heteroatoms. The van der Waals surface area contributed by atoms with E-state index >= 15 is 0 Å². The van der Waals surface area contributed by atoms with Gasteiger partial charge in [0.25, 0.3) is 5.91 Å². The van der Waals surface area contributed by atoms with E-state index in [0.717, 1.165) is 41.7 Å². The molecule has 1 heterocycles. The largest absolute Gasteiger partial charge is 0.349 e. The lowest BCUT2D eigenvalue weighted by molar-refractivity contribution is -0.117. The summed E-state index contributed by atoms with van der Waals surface area (Å²) >= 11 is 3.42. The fourth-order valence-corrected chi connectivity index (χ4v) is 3.71. The highest BCUT2D eigenvalue weighted by molar-refractivity contribution is 9.10. The Morgan fingerprint density at radius 2 is 1.74 bits per heavy atom. The molecular formula is C21H24BrN3O2. The summed E-state index contributed by atoms with van der Waals surface area (Å²) in [6.07, 6.45) is 1.68. The number of aryl methyl sites for hydroxylation is 1. The van der Waals surface area contributed by atoms with Gasteiger partial charge in [-0.2, -0.15) is 0 Å². The first-order valence-corrected chi connectivity index (χ1v) is 9.95. The fourth-order valence-electron chi connectivity index (χ4n) is 3.25. The van der Waals surface area contributed by atoms with Crippen LogP contribution in [-0.4, -0.2) is 42.4 Å². The molecule has 3 rings (SSSR count). The number of amides is 2. The van der Waals surface area contributed by atoms with Crippen molar-refractivity contribution in [2.24, 2.45) is 0 Å². The molecule has 0 aromatic heterocycles. The number of rotatable bonds is 5. The lowest BCUT2D eigenvalue weighted by Crippen LogP contribution is -2.46. The molecule has 27 heavy (non-hydrogen) atoms. The Morgan fingerprint density at radius 1 is 1.07 bits per heavy atom. The van der Waals surface area contributed by atoms with Gasteiger partial charge in [0.05, 0.1) is 12.1 Å². The van der Waals surface area contributed by atoms with Crippen molar-refractivity contribution in [3.05, 3.63) is 64.1 Å². The van der Waals surface area contributed by atoms with Crippen molar-refractivity contribution in [1.29, 1.82) is 0 Å². The molecule has 0 radical (unpaired) electrons. The summed E-state index contributed by atoms with van der Waals surface area (Å²) in [4.78, 5) is 26.8. The summed E-state index contributed by atoms with van der Waals surface area (Å²) in [7, 11) is 0. The third kappa shape index (κ3) is 5.40. The number of nitrogens with one attached hydrogen (secondary N) is 2. The highest BCUT2D eigenvalue weighted by atomic mass is 79.9. The Labute approximate surface area is 168 Å². The monoisotopic (exact) mass is 429 g/mol. The molecule has 2 aromatic rings. The van der Waals surface area contributed by atoms with Crippen LogP contribution < -0.4 is 10.6 Å². The topological polar surface area (TPSA) is 61.4 Å². The number of hydrogen-bond acceptors (Lipinski definition) is 3. The van der Waals surface area contributed by atoms with Gasteiger partial charge >= 0.3 is 0 Å². The SMILES string of the molecule is Cc1ccccc1NC(=O)CN1CCC(NC(=O)c2ccccc2Br)CC1. The summed E-state index contributed by atoms with van der Waals surface area (Å²) < 4.78 is 0.799. The van der Waals surface area contributed by atoms with Crippen LogP contribution in [0.2, 0.25) is 0 Å². The molecule has 0 atom stereocenters. The molecule has 1 aliphatic rings. The minimum atomic E-state index is -0.0572. The van der Waals surface area contributed by atoms with Crippen molar-refractivity contribution < 1.29 is 9.59 Å². The standard InChI is InChI=1S/C21H24BrN3O2/c1-15-6-2-5-9-19(15)24-20(26)14-25-12-10-16(11-13-25)23-21(27)17-7-3-4-8-18(17)22/h2-9,16H,10-14H2,1H3,(H,23,27)(H,24,26). The number of anilines is 1. The second-order valence-corrected chi connectivity index (χ2v) is 7.72. The fraction of sp³-hybridized carbons (Fsp3) is 0.333. The number of halogens is 1. The summed E-state index contributed by atoms with van der Waals surface area (Å²) in [6.45, 7) is 3.94. The minimum absolute atomic E-state index is 0.00000158. The predicted octanol–water partition coefficient (Wildman–Crippen LogP) is 3.59. The number of piperidine rings is 1. The maximum absolute atomic E-state index is 12.4. The molecule has 1 fully saturated rings. The molecule has 142 valence electrons. The quantitative estimate of drug-likeness (QED) is 0.762. The molecule has 2 aromatic carbocycles. The van der Waals surface area contributed by atoms with Crippen LogP contribution >= 0.6 is 15.9 Å². The first kappa shape index (κ1) is 19.6. The molecule has 0 bridgehead atoms. The number of nitrogens with zero attached hydrogens (tertiary/aromatic N) is 1. The third-order valence-electron chi connectivity index (χ3n) is 4.83. The maximum Gasteiger partial charge on any atom is 0.252 e. The van der Waals surface area contributed by atoms with E-state index in [4.69, 9.17) is 0 Å². The Bertz CT molecular complexity index is 817. The van der Waals surface area contributed by atoms with Crippen LogP contribution in [0.25, 0.3) is 0 Å². The van der Waals surface area contributed by atoms with E-state index in [0.29, 0.717) is 12.1 Å². The van der Waals surface area contributed by atoms with Crippen molar-refractivity contribution in [2.75, 3.05) is 25.0 Å². The minimum Gasteiger partial charge on any atom is -0.349 e. The van der Waals surface area contributed by atoms with E-state index < -0.39 is 0 Å². The number of hydrogen-bond donors (Lipinski definition) is 2. The van der Waals surface area contributed by atoms with E-state index in [-0.39, 0.29) is 17.9 Å². The second kappa shape index (κ2) is 9.15. The molecule has 1 aliphatic heterocycles. The van der Waals surface area contributed by atoms with Crippen LogP contribution in [0.5, 0.6) is 0 Å². The zero-order valence-electron chi connectivity index (χ0n) is 15.4. The summed E-state index contributed by atoms with van der Waals surface area (Å²) in [5, 5.41) is 6.07. The van der Waals surface area contributed by atoms with Crippen molar-refractivity contribution in [2.45, 2.75) is 25.8 Å². The van der Waals surface area contributed by atoms with Gasteiger partial charge in [-0.3, -0.25) is 14.5 Å². The first-order valence-electron chi connectivity index (χ1n) is 9.16. The van der Waals surface area contributed by atoms with Gasteiger partial charge in [-0.05, 0) is 59.5 Å². The van der Waals surface area contributed by atoms with Gasteiger partial charge in [-0.1, -0.05) is 30.3 Å². The Morgan fingerprint density at radius 3 is 2.44 bits per heavy atom. The summed E-state index contributed by atoms with van der Waals surface area (Å²) in [6, 6.07) is 15.3. The highest BCUT2D eigenvalue weighted by Gasteiger charge is 2.23. The average Bonchev–Trinajstić information content (AvgIpc) is 2.65. The third-order valence-corrected chi connectivity index (χ3v) is 5.52. The van der Waals surface area contributed by atoms with Crippen LogP contribution in [0, 0.1) is 6.92 Å². The van der Waals surface area contributed by atoms with Gasteiger partial charge in [0.1, 0.15) is 0 Å². The smallest absolute Gasteiger partial charge is 0.252 e. The number of carbonyl (C=O) groups excluding carboxylic acids is 2. The van der Waals surface area contributed by atoms with Crippen molar-refractivity contribution in [3.8, 4) is 0 Å². The van der Waals surface area contributed by atoms with Gasteiger partial charge in [0, 0.05) is 29.3 Å². The number of benzene rings is 2. The molecule has 0 aliphatic carbocycles. The molecule has 1 saturated heterocycles. The lowest BCUT2D eigenvalue weighted by Gasteiger charge is -2.32. The molecule has 2 N–H and O–H groups in total. The number of para-hydroxylation sites is 1. The van der Waals surface area contributed by atoms with Crippen molar-refractivity contribution >= 4 is 33.4 Å². The highest BCUT2D eigenvalue weighted by Crippen LogP contribution is 2.18. The van der Waals surface area contributed by atoms with Gasteiger partial charge in [0.2, 0.25) is 5.91 Å². The molecule has 0 spiro atoms. The van der Waals surface area contributed by atoms with Gasteiger partial charge in [-0.25, -0.2) is 0 Å². The van der Waals surface area contributed by atoms with Crippen molar-refractivity contribution in [1.82, 2.24) is 10.2 Å².